The molecule has 0 aliphatic carbocycles. The first-order valence-electron chi connectivity index (χ1n) is 7.70. The van der Waals surface area contributed by atoms with Gasteiger partial charge < -0.3 is 15.2 Å². The molecule has 28 heavy (non-hydrogen) atoms. The second-order valence-corrected chi connectivity index (χ2v) is 7.22. The Kier molecular flexibility index (Phi) is 8.58. The van der Waals surface area contributed by atoms with Crippen LogP contribution in [0, 0.1) is 24.0 Å². The highest BCUT2D eigenvalue weighted by Gasteiger charge is 2.18. The zero-order valence-corrected chi connectivity index (χ0v) is 18.7. The van der Waals surface area contributed by atoms with Gasteiger partial charge in [0.2, 0.25) is 0 Å². The Morgan fingerprint density at radius 3 is 1.75 bits per heavy atom. The highest BCUT2D eigenvalue weighted by atomic mass is 79.9. The van der Waals surface area contributed by atoms with Gasteiger partial charge in [-0.2, -0.15) is 0 Å². The molecule has 0 bridgehead atoms. The van der Waals surface area contributed by atoms with E-state index in [1.807, 2.05) is 6.92 Å². The van der Waals surface area contributed by atoms with Crippen LogP contribution in [0.3, 0.4) is 0 Å². The van der Waals surface area contributed by atoms with E-state index in [-0.39, 0.29) is 17.2 Å². The Hall–Kier alpha value is -2.46. The van der Waals surface area contributed by atoms with E-state index in [2.05, 4.69) is 41.3 Å². The van der Waals surface area contributed by atoms with Gasteiger partial charge in [0.1, 0.15) is 0 Å². The number of nitrogens with two attached hydrogens (primary N) is 1. The summed E-state index contributed by atoms with van der Waals surface area (Å²) in [6.07, 6.45) is 0. The molecular formula is C18H18Br2N2O6. The van der Waals surface area contributed by atoms with Crippen LogP contribution in [0.5, 0.6) is 0 Å². The number of ether oxygens (including phenoxy) is 2. The summed E-state index contributed by atoms with van der Waals surface area (Å²) < 4.78 is 10.4. The highest BCUT2D eigenvalue weighted by Crippen LogP contribution is 2.28. The molecule has 2 rings (SSSR count). The summed E-state index contributed by atoms with van der Waals surface area (Å²) in [5, 5.41) is 10.7. The number of rotatable bonds is 3. The lowest BCUT2D eigenvalue weighted by atomic mass is 10.1. The number of hydrogen-bond donors (Lipinski definition) is 1. The lowest BCUT2D eigenvalue weighted by Gasteiger charge is -2.05. The van der Waals surface area contributed by atoms with E-state index >= 15 is 0 Å². The predicted molar refractivity (Wildman–Crippen MR) is 112 cm³/mol. The highest BCUT2D eigenvalue weighted by molar-refractivity contribution is 9.10. The number of methoxy groups -OCH3 is 2. The number of carbonyl (C=O) groups excluding carboxylic acids is 2. The molecule has 2 aromatic rings. The first kappa shape index (κ1) is 23.6. The van der Waals surface area contributed by atoms with Crippen molar-refractivity contribution in [2.24, 2.45) is 0 Å². The number of nitrogens with zero attached hydrogens (tertiary/aromatic N) is 1. The number of carbonyl (C=O) groups is 2. The predicted octanol–water partition coefficient (Wildman–Crippen LogP) is 4.58. The fourth-order valence-corrected chi connectivity index (χ4v) is 2.95. The smallest absolute Gasteiger partial charge is 0.338 e. The first-order chi connectivity index (χ1) is 13.0. The van der Waals surface area contributed by atoms with Crippen LogP contribution in [0.25, 0.3) is 0 Å². The Balaban J connectivity index is 0.000000283. The van der Waals surface area contributed by atoms with Gasteiger partial charge in [0.15, 0.2) is 0 Å². The topological polar surface area (TPSA) is 122 Å². The summed E-state index contributed by atoms with van der Waals surface area (Å²) in [6.45, 7) is 3.48. The van der Waals surface area contributed by atoms with E-state index in [0.29, 0.717) is 21.3 Å². The average Bonchev–Trinajstić information content (AvgIpc) is 2.66. The standard InChI is InChI=1S/C9H8BrNO4.C9H10BrNO2/c1-5-7(10)3-6(9(12)15-2)4-8(5)11(13)14;1-5-7(10)3-6(4-8(5)11)9(12)13-2/h3-4H,1-2H3;3-4H,11H2,1-2H3. The molecule has 0 aliphatic rings. The normalized spacial score (nSPS) is 9.79. The van der Waals surface area contributed by atoms with Gasteiger partial charge in [0, 0.05) is 26.3 Å². The molecule has 0 saturated carbocycles. The van der Waals surface area contributed by atoms with E-state index in [0.717, 1.165) is 10.0 Å². The van der Waals surface area contributed by atoms with Gasteiger partial charge in [0.05, 0.1) is 30.3 Å². The molecule has 8 nitrogen and oxygen atoms in total. The van der Waals surface area contributed by atoms with Crippen molar-refractivity contribution in [2.75, 3.05) is 20.0 Å². The van der Waals surface area contributed by atoms with E-state index in [1.165, 1.54) is 26.4 Å². The molecule has 0 fully saturated rings. The summed E-state index contributed by atoms with van der Waals surface area (Å²) in [7, 11) is 2.56. The van der Waals surface area contributed by atoms with Gasteiger partial charge in [0.25, 0.3) is 5.69 Å². The number of esters is 2. The van der Waals surface area contributed by atoms with Crippen LogP contribution < -0.4 is 5.73 Å². The SMILES string of the molecule is COC(=O)c1cc(Br)c(C)c([N+](=O)[O-])c1.COC(=O)c1cc(N)c(C)c(Br)c1. The van der Waals surface area contributed by atoms with Crippen molar-refractivity contribution in [1.82, 2.24) is 0 Å². The minimum atomic E-state index is -0.598. The number of nitro benzene ring substituents is 1. The van der Waals surface area contributed by atoms with Crippen LogP contribution in [-0.4, -0.2) is 31.1 Å². The van der Waals surface area contributed by atoms with Crippen molar-refractivity contribution in [3.05, 3.63) is 65.6 Å². The molecule has 0 saturated heterocycles. The van der Waals surface area contributed by atoms with Gasteiger partial charge in [-0.25, -0.2) is 9.59 Å². The van der Waals surface area contributed by atoms with Crippen molar-refractivity contribution >= 4 is 55.2 Å². The Morgan fingerprint density at radius 1 is 0.929 bits per heavy atom. The van der Waals surface area contributed by atoms with Crippen LogP contribution >= 0.6 is 31.9 Å². The zero-order chi connectivity index (χ0) is 21.6. The summed E-state index contributed by atoms with van der Waals surface area (Å²) in [5.74, 6) is -0.980. The van der Waals surface area contributed by atoms with Crippen molar-refractivity contribution in [3.8, 4) is 0 Å². The fourth-order valence-electron chi connectivity index (χ4n) is 2.03. The van der Waals surface area contributed by atoms with Gasteiger partial charge in [-0.05, 0) is 37.6 Å². The molecule has 0 aliphatic heterocycles. The summed E-state index contributed by atoms with van der Waals surface area (Å²) >= 11 is 6.46. The molecule has 150 valence electrons. The first-order valence-corrected chi connectivity index (χ1v) is 9.28. The summed E-state index contributed by atoms with van der Waals surface area (Å²) in [6, 6.07) is 5.99. The third-order valence-corrected chi connectivity index (χ3v) is 5.39. The number of nitrogen functional groups attached to an aromatic ring is 1. The van der Waals surface area contributed by atoms with Crippen molar-refractivity contribution in [1.29, 1.82) is 0 Å². The number of halogens is 2. The maximum absolute atomic E-state index is 11.2. The number of anilines is 1. The maximum atomic E-state index is 11.2. The lowest BCUT2D eigenvalue weighted by molar-refractivity contribution is -0.385. The monoisotopic (exact) mass is 516 g/mol. The van der Waals surface area contributed by atoms with E-state index in [1.54, 1.807) is 19.1 Å². The quantitative estimate of drug-likeness (QED) is 0.273. The maximum Gasteiger partial charge on any atom is 0.338 e. The average molecular weight is 518 g/mol. The molecule has 0 unspecified atom stereocenters. The minimum absolute atomic E-state index is 0.107. The van der Waals surface area contributed by atoms with Crippen LogP contribution in [0.15, 0.2) is 33.2 Å². The molecule has 0 spiro atoms. The van der Waals surface area contributed by atoms with Gasteiger partial charge in [-0.15, -0.1) is 0 Å². The van der Waals surface area contributed by atoms with Crippen LogP contribution in [0.2, 0.25) is 0 Å². The second-order valence-electron chi connectivity index (χ2n) is 5.51. The summed E-state index contributed by atoms with van der Waals surface area (Å²) in [4.78, 5) is 32.5. The van der Waals surface area contributed by atoms with Gasteiger partial charge in [-0.1, -0.05) is 31.9 Å². The Labute approximate surface area is 178 Å². The molecule has 0 radical (unpaired) electrons. The van der Waals surface area contributed by atoms with E-state index in [9.17, 15) is 19.7 Å². The molecule has 0 atom stereocenters. The Bertz CT molecular complexity index is 908. The molecule has 2 N–H and O–H groups in total. The van der Waals surface area contributed by atoms with Crippen LogP contribution in [0.1, 0.15) is 31.8 Å². The minimum Gasteiger partial charge on any atom is -0.465 e. The van der Waals surface area contributed by atoms with Crippen molar-refractivity contribution in [2.45, 2.75) is 13.8 Å². The lowest BCUT2D eigenvalue weighted by Crippen LogP contribution is -2.03. The van der Waals surface area contributed by atoms with Crippen molar-refractivity contribution < 1.29 is 24.0 Å². The number of nitro groups is 1. The summed E-state index contributed by atoms with van der Waals surface area (Å²) in [5.41, 5.74) is 8.16. The molecular weight excluding hydrogens is 500 g/mol. The largest absolute Gasteiger partial charge is 0.465 e. The number of hydrogen-bond acceptors (Lipinski definition) is 7. The Morgan fingerprint density at radius 2 is 1.36 bits per heavy atom. The van der Waals surface area contributed by atoms with Gasteiger partial charge in [-0.3, -0.25) is 10.1 Å². The molecule has 0 aromatic heterocycles. The van der Waals surface area contributed by atoms with E-state index < -0.39 is 10.9 Å². The third kappa shape index (κ3) is 5.77. The number of benzene rings is 2. The van der Waals surface area contributed by atoms with E-state index in [4.69, 9.17) is 5.73 Å². The molecule has 0 heterocycles. The second kappa shape index (κ2) is 10.2. The van der Waals surface area contributed by atoms with Crippen LogP contribution in [0.4, 0.5) is 11.4 Å². The van der Waals surface area contributed by atoms with Crippen molar-refractivity contribution in [3.63, 3.8) is 0 Å². The third-order valence-electron chi connectivity index (χ3n) is 3.74. The zero-order valence-electron chi connectivity index (χ0n) is 15.5. The fraction of sp³-hybridized carbons (Fsp3) is 0.222. The molecule has 0 amide bonds. The molecule has 2 aromatic carbocycles. The van der Waals surface area contributed by atoms with Crippen LogP contribution in [-0.2, 0) is 9.47 Å². The van der Waals surface area contributed by atoms with Gasteiger partial charge >= 0.3 is 11.9 Å². The molecule has 10 heteroatoms.